The van der Waals surface area contributed by atoms with Crippen LogP contribution in [-0.4, -0.2) is 55.6 Å². The lowest BCUT2D eigenvalue weighted by atomic mass is 10.1. The molecule has 6 nitrogen and oxygen atoms in total. The number of aliphatic imine (C=N–C) groups is 1. The SMILES string of the molecule is CCNC(=NCCC(O)c1ccccc1)NCCC(=O)N(C)C.I. The zero-order chi connectivity index (χ0) is 17.1. The van der Waals surface area contributed by atoms with E-state index in [0.717, 1.165) is 12.1 Å². The fraction of sp³-hybridized carbons (Fsp3) is 0.529. The molecule has 0 fully saturated rings. The Kier molecular flexibility index (Phi) is 12.3. The van der Waals surface area contributed by atoms with E-state index in [2.05, 4.69) is 15.6 Å². The van der Waals surface area contributed by atoms with Crippen LogP contribution in [0.25, 0.3) is 0 Å². The summed E-state index contributed by atoms with van der Waals surface area (Å²) in [5.41, 5.74) is 0.900. The Morgan fingerprint density at radius 3 is 2.50 bits per heavy atom. The van der Waals surface area contributed by atoms with Gasteiger partial charge in [0.1, 0.15) is 0 Å². The van der Waals surface area contributed by atoms with Gasteiger partial charge in [-0.3, -0.25) is 9.79 Å². The molecule has 1 aromatic rings. The lowest BCUT2D eigenvalue weighted by molar-refractivity contribution is -0.128. The third kappa shape index (κ3) is 9.07. The number of benzene rings is 1. The van der Waals surface area contributed by atoms with E-state index in [1.165, 1.54) is 0 Å². The summed E-state index contributed by atoms with van der Waals surface area (Å²) < 4.78 is 0. The molecule has 24 heavy (non-hydrogen) atoms. The van der Waals surface area contributed by atoms with Gasteiger partial charge in [0.15, 0.2) is 5.96 Å². The number of aliphatic hydroxyl groups excluding tert-OH is 1. The predicted octanol–water partition coefficient (Wildman–Crippen LogP) is 1.76. The van der Waals surface area contributed by atoms with Crippen molar-refractivity contribution in [3.05, 3.63) is 35.9 Å². The molecule has 1 aromatic carbocycles. The summed E-state index contributed by atoms with van der Waals surface area (Å²) in [7, 11) is 3.49. The molecule has 136 valence electrons. The van der Waals surface area contributed by atoms with Gasteiger partial charge in [0, 0.05) is 40.2 Å². The molecule has 0 saturated carbocycles. The van der Waals surface area contributed by atoms with Gasteiger partial charge in [-0.2, -0.15) is 0 Å². The van der Waals surface area contributed by atoms with Crippen LogP contribution in [0.1, 0.15) is 31.4 Å². The number of nitrogens with zero attached hydrogens (tertiary/aromatic N) is 2. The molecular formula is C17H29IN4O2. The maximum atomic E-state index is 11.5. The van der Waals surface area contributed by atoms with Crippen LogP contribution in [0.4, 0.5) is 0 Å². The zero-order valence-electron chi connectivity index (χ0n) is 14.7. The Morgan fingerprint density at radius 2 is 1.92 bits per heavy atom. The standard InChI is InChI=1S/C17H28N4O2.HI/c1-4-18-17(20-13-11-16(23)21(2)3)19-12-10-15(22)14-8-6-5-7-9-14;/h5-9,15,22H,4,10-13H2,1-3H3,(H2,18,19,20);1H. The van der Waals surface area contributed by atoms with Gasteiger partial charge in [-0.1, -0.05) is 30.3 Å². The Hall–Kier alpha value is -1.35. The highest BCUT2D eigenvalue weighted by atomic mass is 127. The van der Waals surface area contributed by atoms with Crippen LogP contribution in [0.5, 0.6) is 0 Å². The van der Waals surface area contributed by atoms with Gasteiger partial charge in [-0.05, 0) is 18.9 Å². The minimum absolute atomic E-state index is 0. The Balaban J connectivity index is 0.00000529. The van der Waals surface area contributed by atoms with Crippen molar-refractivity contribution < 1.29 is 9.90 Å². The average Bonchev–Trinajstić information content (AvgIpc) is 2.55. The second-order valence-corrected chi connectivity index (χ2v) is 5.44. The van der Waals surface area contributed by atoms with Crippen molar-refractivity contribution >= 4 is 35.8 Å². The molecule has 0 aliphatic heterocycles. The van der Waals surface area contributed by atoms with Crippen molar-refractivity contribution in [2.75, 3.05) is 33.7 Å². The third-order valence-corrected chi connectivity index (χ3v) is 3.33. The van der Waals surface area contributed by atoms with Crippen molar-refractivity contribution in [1.82, 2.24) is 15.5 Å². The molecule has 0 aliphatic carbocycles. The summed E-state index contributed by atoms with van der Waals surface area (Å²) in [6.07, 6.45) is 0.458. The first-order valence-corrected chi connectivity index (χ1v) is 8.00. The number of carbonyl (C=O) groups is 1. The molecule has 0 heterocycles. The second-order valence-electron chi connectivity index (χ2n) is 5.44. The molecular weight excluding hydrogens is 419 g/mol. The molecule has 0 bridgehead atoms. The number of amides is 1. The average molecular weight is 448 g/mol. The number of hydrogen-bond acceptors (Lipinski definition) is 3. The number of nitrogens with one attached hydrogen (secondary N) is 2. The number of carbonyl (C=O) groups excluding carboxylic acids is 1. The number of rotatable bonds is 8. The molecule has 0 radical (unpaired) electrons. The van der Waals surface area contributed by atoms with Crippen LogP contribution in [0, 0.1) is 0 Å². The molecule has 1 amide bonds. The Bertz CT molecular complexity index is 495. The van der Waals surface area contributed by atoms with E-state index in [9.17, 15) is 9.90 Å². The van der Waals surface area contributed by atoms with Crippen molar-refractivity contribution in [2.45, 2.75) is 25.9 Å². The highest BCUT2D eigenvalue weighted by molar-refractivity contribution is 14.0. The first-order valence-electron chi connectivity index (χ1n) is 8.00. The summed E-state index contributed by atoms with van der Waals surface area (Å²) in [6.45, 7) is 3.77. The van der Waals surface area contributed by atoms with Crippen molar-refractivity contribution in [3.63, 3.8) is 0 Å². The molecule has 1 unspecified atom stereocenters. The van der Waals surface area contributed by atoms with E-state index in [0.29, 0.717) is 31.9 Å². The molecule has 7 heteroatoms. The van der Waals surface area contributed by atoms with Crippen LogP contribution < -0.4 is 10.6 Å². The maximum absolute atomic E-state index is 11.5. The van der Waals surface area contributed by atoms with Gasteiger partial charge in [0.25, 0.3) is 0 Å². The fourth-order valence-electron chi connectivity index (χ4n) is 1.99. The quantitative estimate of drug-likeness (QED) is 0.322. The van der Waals surface area contributed by atoms with Gasteiger partial charge < -0.3 is 20.6 Å². The lowest BCUT2D eigenvalue weighted by Crippen LogP contribution is -2.39. The first-order chi connectivity index (χ1) is 11.0. The van der Waals surface area contributed by atoms with Gasteiger partial charge >= 0.3 is 0 Å². The topological polar surface area (TPSA) is 77.0 Å². The van der Waals surface area contributed by atoms with E-state index < -0.39 is 6.10 Å². The Morgan fingerprint density at radius 1 is 1.25 bits per heavy atom. The van der Waals surface area contributed by atoms with Crippen LogP contribution >= 0.6 is 24.0 Å². The normalized spacial score (nSPS) is 12.1. The fourth-order valence-corrected chi connectivity index (χ4v) is 1.99. The highest BCUT2D eigenvalue weighted by Gasteiger charge is 2.07. The largest absolute Gasteiger partial charge is 0.388 e. The van der Waals surface area contributed by atoms with Crippen molar-refractivity contribution in [3.8, 4) is 0 Å². The van der Waals surface area contributed by atoms with E-state index in [1.807, 2.05) is 37.3 Å². The van der Waals surface area contributed by atoms with Gasteiger partial charge in [0.2, 0.25) is 5.91 Å². The van der Waals surface area contributed by atoms with E-state index >= 15 is 0 Å². The lowest BCUT2D eigenvalue weighted by Gasteiger charge is -2.14. The highest BCUT2D eigenvalue weighted by Crippen LogP contribution is 2.15. The van der Waals surface area contributed by atoms with E-state index in [4.69, 9.17) is 0 Å². The summed E-state index contributed by atoms with van der Waals surface area (Å²) in [5, 5.41) is 16.4. The van der Waals surface area contributed by atoms with Gasteiger partial charge in [-0.15, -0.1) is 24.0 Å². The van der Waals surface area contributed by atoms with Crippen LogP contribution in [0.15, 0.2) is 35.3 Å². The summed E-state index contributed by atoms with van der Waals surface area (Å²) >= 11 is 0. The number of aliphatic hydroxyl groups is 1. The smallest absolute Gasteiger partial charge is 0.223 e. The van der Waals surface area contributed by atoms with Gasteiger partial charge in [-0.25, -0.2) is 0 Å². The van der Waals surface area contributed by atoms with Crippen LogP contribution in [-0.2, 0) is 4.79 Å². The zero-order valence-corrected chi connectivity index (χ0v) is 17.0. The van der Waals surface area contributed by atoms with Crippen LogP contribution in [0.2, 0.25) is 0 Å². The minimum atomic E-state index is -0.516. The maximum Gasteiger partial charge on any atom is 0.223 e. The van der Waals surface area contributed by atoms with E-state index in [-0.39, 0.29) is 29.9 Å². The molecule has 0 spiro atoms. The Labute approximate surface area is 161 Å². The monoisotopic (exact) mass is 448 g/mol. The first kappa shape index (κ1) is 22.6. The van der Waals surface area contributed by atoms with Crippen molar-refractivity contribution in [1.29, 1.82) is 0 Å². The molecule has 1 rings (SSSR count). The molecule has 0 saturated heterocycles. The number of guanidine groups is 1. The van der Waals surface area contributed by atoms with Crippen molar-refractivity contribution in [2.24, 2.45) is 4.99 Å². The molecule has 1 atom stereocenters. The predicted molar refractivity (Wildman–Crippen MR) is 109 cm³/mol. The van der Waals surface area contributed by atoms with Crippen LogP contribution in [0.3, 0.4) is 0 Å². The molecule has 3 N–H and O–H groups in total. The third-order valence-electron chi connectivity index (χ3n) is 3.33. The van der Waals surface area contributed by atoms with Gasteiger partial charge in [0.05, 0.1) is 6.10 Å². The number of hydrogen-bond donors (Lipinski definition) is 3. The summed E-state index contributed by atoms with van der Waals surface area (Å²) in [5.74, 6) is 0.743. The molecule has 0 aliphatic rings. The summed E-state index contributed by atoms with van der Waals surface area (Å²) in [4.78, 5) is 17.5. The van der Waals surface area contributed by atoms with E-state index in [1.54, 1.807) is 19.0 Å². The summed E-state index contributed by atoms with van der Waals surface area (Å²) in [6, 6.07) is 9.57. The molecule has 0 aromatic heterocycles. The second kappa shape index (κ2) is 13.0. The minimum Gasteiger partial charge on any atom is -0.388 e. The number of halogens is 1.